The van der Waals surface area contributed by atoms with Gasteiger partial charge in [0.2, 0.25) is 0 Å². The molecule has 1 aromatic rings. The van der Waals surface area contributed by atoms with Crippen molar-refractivity contribution in [3.05, 3.63) is 22.9 Å². The normalized spacial score (nSPS) is 24.8. The summed E-state index contributed by atoms with van der Waals surface area (Å²) in [7, 11) is 2.20. The van der Waals surface area contributed by atoms with E-state index in [1.165, 1.54) is 11.1 Å². The van der Waals surface area contributed by atoms with Crippen LogP contribution in [0.5, 0.6) is 0 Å². The van der Waals surface area contributed by atoms with Gasteiger partial charge in [-0.3, -0.25) is 4.90 Å². The lowest BCUT2D eigenvalue weighted by atomic mass is 10.1. The van der Waals surface area contributed by atoms with Gasteiger partial charge < -0.3 is 10.6 Å². The van der Waals surface area contributed by atoms with Crippen LogP contribution in [0.2, 0.25) is 0 Å². The highest BCUT2D eigenvalue weighted by atomic mass is 15.3. The van der Waals surface area contributed by atoms with Crippen LogP contribution in [0.3, 0.4) is 0 Å². The van der Waals surface area contributed by atoms with Crippen molar-refractivity contribution in [1.29, 1.82) is 0 Å². The van der Waals surface area contributed by atoms with Crippen molar-refractivity contribution in [3.63, 3.8) is 0 Å². The van der Waals surface area contributed by atoms with E-state index < -0.39 is 0 Å². The molecule has 0 saturated carbocycles. The van der Waals surface area contributed by atoms with Gasteiger partial charge in [0.25, 0.3) is 0 Å². The van der Waals surface area contributed by atoms with E-state index in [0.29, 0.717) is 18.6 Å². The molecular weight excluding hydrogens is 236 g/mol. The van der Waals surface area contributed by atoms with E-state index in [2.05, 4.69) is 50.6 Å². The van der Waals surface area contributed by atoms with Crippen molar-refractivity contribution >= 4 is 5.82 Å². The van der Waals surface area contributed by atoms with Crippen LogP contribution in [0.4, 0.5) is 5.82 Å². The molecule has 0 amide bonds. The number of nitrogens with zero attached hydrogens (tertiary/aromatic N) is 3. The Hall–Kier alpha value is -1.13. The fourth-order valence-corrected chi connectivity index (χ4v) is 2.93. The lowest BCUT2D eigenvalue weighted by Crippen LogP contribution is -2.55. The quantitative estimate of drug-likeness (QED) is 0.881. The molecule has 106 valence electrons. The second kappa shape index (κ2) is 5.47. The molecule has 4 heteroatoms. The van der Waals surface area contributed by atoms with Gasteiger partial charge in [-0.2, -0.15) is 0 Å². The molecule has 1 saturated heterocycles. The van der Waals surface area contributed by atoms with Crippen LogP contribution in [0.1, 0.15) is 30.7 Å². The molecule has 2 heterocycles. The van der Waals surface area contributed by atoms with Gasteiger partial charge in [0, 0.05) is 43.0 Å². The van der Waals surface area contributed by atoms with Crippen molar-refractivity contribution in [2.45, 2.75) is 46.3 Å². The molecule has 2 rings (SSSR count). The fraction of sp³-hybridized carbons (Fsp3) is 0.667. The molecular formula is C15H26N4. The van der Waals surface area contributed by atoms with Crippen molar-refractivity contribution in [1.82, 2.24) is 9.88 Å². The average molecular weight is 262 g/mol. The van der Waals surface area contributed by atoms with Crippen molar-refractivity contribution in [3.8, 4) is 0 Å². The van der Waals surface area contributed by atoms with Gasteiger partial charge in [-0.25, -0.2) is 4.98 Å². The topological polar surface area (TPSA) is 45.4 Å². The zero-order valence-corrected chi connectivity index (χ0v) is 12.8. The molecule has 1 fully saturated rings. The number of anilines is 1. The summed E-state index contributed by atoms with van der Waals surface area (Å²) in [5, 5.41) is 0. The van der Waals surface area contributed by atoms with Gasteiger partial charge >= 0.3 is 0 Å². The summed E-state index contributed by atoms with van der Waals surface area (Å²) in [4.78, 5) is 9.58. The van der Waals surface area contributed by atoms with E-state index in [9.17, 15) is 0 Å². The maximum atomic E-state index is 5.93. The highest BCUT2D eigenvalue weighted by Crippen LogP contribution is 2.26. The highest BCUT2D eigenvalue weighted by molar-refractivity contribution is 5.52. The van der Waals surface area contributed by atoms with Crippen LogP contribution in [-0.4, -0.2) is 42.1 Å². The predicted octanol–water partition coefficient (Wildman–Crippen LogP) is 1.69. The summed E-state index contributed by atoms with van der Waals surface area (Å²) in [6.45, 7) is 11.3. The van der Waals surface area contributed by atoms with E-state index in [0.717, 1.165) is 24.6 Å². The molecule has 1 aliphatic heterocycles. The Bertz CT molecular complexity index is 446. The first-order chi connectivity index (χ1) is 8.93. The lowest BCUT2D eigenvalue weighted by Gasteiger charge is -2.43. The maximum Gasteiger partial charge on any atom is 0.133 e. The number of hydrogen-bond acceptors (Lipinski definition) is 4. The summed E-state index contributed by atoms with van der Waals surface area (Å²) < 4.78 is 0. The minimum Gasteiger partial charge on any atom is -0.353 e. The fourth-order valence-electron chi connectivity index (χ4n) is 2.93. The monoisotopic (exact) mass is 262 g/mol. The zero-order valence-electron chi connectivity index (χ0n) is 12.8. The SMILES string of the molecule is Cc1cc(C)c(CN)c(N2CC(C)N(C)C(C)C2)n1. The number of hydrogen-bond donors (Lipinski definition) is 1. The first kappa shape index (κ1) is 14.3. The van der Waals surface area contributed by atoms with E-state index in [1.54, 1.807) is 0 Å². The zero-order chi connectivity index (χ0) is 14.2. The molecule has 0 radical (unpaired) electrons. The molecule has 4 nitrogen and oxygen atoms in total. The Morgan fingerprint density at radius 3 is 2.37 bits per heavy atom. The van der Waals surface area contributed by atoms with E-state index in [1.807, 2.05) is 0 Å². The standard InChI is InChI=1S/C15H26N4/c1-10-6-11(2)17-15(14(10)7-16)19-8-12(3)18(5)13(4)9-19/h6,12-13H,7-9,16H2,1-5H3. The Kier molecular flexibility index (Phi) is 4.11. The second-order valence-electron chi connectivity index (χ2n) is 5.86. The average Bonchev–Trinajstić information content (AvgIpc) is 2.34. The first-order valence-electron chi connectivity index (χ1n) is 7.08. The van der Waals surface area contributed by atoms with Gasteiger partial charge in [-0.15, -0.1) is 0 Å². The third kappa shape index (κ3) is 2.74. The maximum absolute atomic E-state index is 5.93. The predicted molar refractivity (Wildman–Crippen MR) is 80.5 cm³/mol. The molecule has 0 bridgehead atoms. The summed E-state index contributed by atoms with van der Waals surface area (Å²) >= 11 is 0. The van der Waals surface area contributed by atoms with Gasteiger partial charge in [-0.1, -0.05) is 0 Å². The number of nitrogens with two attached hydrogens (primary N) is 1. The smallest absolute Gasteiger partial charge is 0.133 e. The number of aryl methyl sites for hydroxylation is 2. The van der Waals surface area contributed by atoms with E-state index in [-0.39, 0.29) is 0 Å². The number of likely N-dealkylation sites (N-methyl/N-ethyl adjacent to an activating group) is 1. The molecule has 19 heavy (non-hydrogen) atoms. The minimum absolute atomic E-state index is 0.539. The van der Waals surface area contributed by atoms with Crippen LogP contribution in [0, 0.1) is 13.8 Å². The Labute approximate surface area is 116 Å². The van der Waals surface area contributed by atoms with Crippen LogP contribution in [0.15, 0.2) is 6.07 Å². The van der Waals surface area contributed by atoms with Gasteiger partial charge in [0.1, 0.15) is 5.82 Å². The van der Waals surface area contributed by atoms with Gasteiger partial charge in [-0.05, 0) is 46.4 Å². The van der Waals surface area contributed by atoms with Crippen LogP contribution in [0.25, 0.3) is 0 Å². The van der Waals surface area contributed by atoms with Crippen molar-refractivity contribution in [2.75, 3.05) is 25.0 Å². The minimum atomic E-state index is 0.539. The molecule has 2 unspecified atom stereocenters. The number of rotatable bonds is 2. The molecule has 0 aromatic carbocycles. The summed E-state index contributed by atoms with van der Waals surface area (Å²) in [6.07, 6.45) is 0. The molecule has 1 aromatic heterocycles. The van der Waals surface area contributed by atoms with Crippen molar-refractivity contribution in [2.24, 2.45) is 5.73 Å². The van der Waals surface area contributed by atoms with E-state index in [4.69, 9.17) is 10.7 Å². The van der Waals surface area contributed by atoms with E-state index >= 15 is 0 Å². The Morgan fingerprint density at radius 2 is 1.84 bits per heavy atom. The highest BCUT2D eigenvalue weighted by Gasteiger charge is 2.28. The largest absolute Gasteiger partial charge is 0.353 e. The third-order valence-corrected chi connectivity index (χ3v) is 4.32. The summed E-state index contributed by atoms with van der Waals surface area (Å²) in [5.74, 6) is 1.09. The van der Waals surface area contributed by atoms with Gasteiger partial charge in [0.05, 0.1) is 0 Å². The van der Waals surface area contributed by atoms with Crippen molar-refractivity contribution < 1.29 is 0 Å². The van der Waals surface area contributed by atoms with Crippen LogP contribution < -0.4 is 10.6 Å². The number of piperazine rings is 1. The summed E-state index contributed by atoms with van der Waals surface area (Å²) in [5.41, 5.74) is 9.44. The molecule has 0 spiro atoms. The first-order valence-corrected chi connectivity index (χ1v) is 7.08. The van der Waals surface area contributed by atoms with Gasteiger partial charge in [0.15, 0.2) is 0 Å². The molecule has 2 N–H and O–H groups in total. The molecule has 0 aliphatic carbocycles. The number of aromatic nitrogens is 1. The summed E-state index contributed by atoms with van der Waals surface area (Å²) in [6, 6.07) is 3.20. The lowest BCUT2D eigenvalue weighted by molar-refractivity contribution is 0.169. The molecule has 2 atom stereocenters. The van der Waals surface area contributed by atoms with Crippen LogP contribution in [-0.2, 0) is 6.54 Å². The Morgan fingerprint density at radius 1 is 1.26 bits per heavy atom. The van der Waals surface area contributed by atoms with Crippen LogP contribution >= 0.6 is 0 Å². The molecule has 1 aliphatic rings. The second-order valence-corrected chi connectivity index (χ2v) is 5.86. The third-order valence-electron chi connectivity index (χ3n) is 4.32. The number of pyridine rings is 1. The Balaban J connectivity index is 2.36.